The number of anilines is 1. The largest absolute Gasteiger partial charge is 0.481 e. The van der Waals surface area contributed by atoms with Gasteiger partial charge >= 0.3 is 11.9 Å². The molecule has 2 bridgehead atoms. The number of hydrogen-bond acceptors (Lipinski definition) is 5. The smallest absolute Gasteiger partial charge is 0.341 e. The summed E-state index contributed by atoms with van der Waals surface area (Å²) < 4.78 is 5.48. The molecule has 1 amide bonds. The van der Waals surface area contributed by atoms with Crippen molar-refractivity contribution in [2.45, 2.75) is 59.0 Å². The summed E-state index contributed by atoms with van der Waals surface area (Å²) in [5.74, 6) is -2.50. The third kappa shape index (κ3) is 3.68. The highest BCUT2D eigenvalue weighted by Gasteiger charge is 2.52. The average Bonchev–Trinajstić information content (AvgIpc) is 3.38. The molecule has 1 aromatic rings. The predicted octanol–water partition coefficient (Wildman–Crippen LogP) is 4.29. The number of thiophene rings is 1. The van der Waals surface area contributed by atoms with E-state index >= 15 is 0 Å². The van der Waals surface area contributed by atoms with Crippen molar-refractivity contribution in [1.82, 2.24) is 0 Å². The molecule has 0 unspecified atom stereocenters. The molecular formula is C23H29NO5S. The van der Waals surface area contributed by atoms with Crippen LogP contribution in [-0.4, -0.2) is 29.1 Å². The van der Waals surface area contributed by atoms with E-state index in [1.165, 1.54) is 11.3 Å². The van der Waals surface area contributed by atoms with Crippen LogP contribution >= 0.6 is 11.3 Å². The number of allylic oxidation sites excluding steroid dienone is 2. The van der Waals surface area contributed by atoms with Crippen LogP contribution in [0, 0.1) is 29.6 Å². The number of carbonyl (C=O) groups excluding carboxylic acids is 2. The van der Waals surface area contributed by atoms with Crippen LogP contribution in [0.15, 0.2) is 12.2 Å². The number of hydrogen-bond donors (Lipinski definition) is 2. The predicted molar refractivity (Wildman–Crippen MR) is 115 cm³/mol. The van der Waals surface area contributed by atoms with E-state index in [1.807, 2.05) is 12.2 Å². The lowest BCUT2D eigenvalue weighted by Crippen LogP contribution is -2.36. The minimum atomic E-state index is -0.928. The average molecular weight is 432 g/mol. The van der Waals surface area contributed by atoms with E-state index < -0.39 is 23.8 Å². The maximum absolute atomic E-state index is 13.2. The van der Waals surface area contributed by atoms with Crippen LogP contribution in [0.5, 0.6) is 0 Å². The summed E-state index contributed by atoms with van der Waals surface area (Å²) in [6, 6.07) is 0. The molecule has 1 saturated carbocycles. The molecule has 6 nitrogen and oxygen atoms in total. The topological polar surface area (TPSA) is 92.7 Å². The molecule has 0 aromatic carbocycles. The Hall–Kier alpha value is -2.15. The fourth-order valence-electron chi connectivity index (χ4n) is 5.29. The van der Waals surface area contributed by atoms with Gasteiger partial charge in [0.1, 0.15) is 5.00 Å². The van der Waals surface area contributed by atoms with Gasteiger partial charge in [0.2, 0.25) is 5.91 Å². The first-order valence-corrected chi connectivity index (χ1v) is 11.7. The lowest BCUT2D eigenvalue weighted by atomic mass is 9.82. The van der Waals surface area contributed by atoms with Crippen molar-refractivity contribution in [3.05, 3.63) is 28.2 Å². The second-order valence-electron chi connectivity index (χ2n) is 9.01. The molecular weight excluding hydrogens is 402 g/mol. The fourth-order valence-corrected chi connectivity index (χ4v) is 6.64. The van der Waals surface area contributed by atoms with Crippen molar-refractivity contribution in [2.24, 2.45) is 29.6 Å². The van der Waals surface area contributed by atoms with Crippen LogP contribution in [0.2, 0.25) is 0 Å². The molecule has 1 fully saturated rings. The number of carbonyl (C=O) groups is 3. The Kier molecular flexibility index (Phi) is 5.75. The van der Waals surface area contributed by atoms with E-state index in [9.17, 15) is 19.5 Å². The minimum Gasteiger partial charge on any atom is -0.481 e. The van der Waals surface area contributed by atoms with Gasteiger partial charge in [-0.05, 0) is 62.8 Å². The molecule has 4 rings (SSSR count). The Balaban J connectivity index is 1.64. The van der Waals surface area contributed by atoms with E-state index in [-0.39, 0.29) is 23.8 Å². The summed E-state index contributed by atoms with van der Waals surface area (Å²) in [5.41, 5.74) is 1.46. The molecule has 30 heavy (non-hydrogen) atoms. The van der Waals surface area contributed by atoms with E-state index in [0.29, 0.717) is 22.9 Å². The van der Waals surface area contributed by atoms with Crippen LogP contribution in [0.25, 0.3) is 0 Å². The summed E-state index contributed by atoms with van der Waals surface area (Å²) >= 11 is 1.46. The molecule has 3 aliphatic carbocycles. The molecule has 0 radical (unpaired) electrons. The molecule has 5 atom stereocenters. The molecule has 2 N–H and O–H groups in total. The van der Waals surface area contributed by atoms with Gasteiger partial charge < -0.3 is 15.2 Å². The second-order valence-corrected chi connectivity index (χ2v) is 10.1. The van der Waals surface area contributed by atoms with Crippen molar-refractivity contribution >= 4 is 34.2 Å². The van der Waals surface area contributed by atoms with Crippen molar-refractivity contribution in [1.29, 1.82) is 0 Å². The van der Waals surface area contributed by atoms with Gasteiger partial charge in [-0.25, -0.2) is 4.79 Å². The summed E-state index contributed by atoms with van der Waals surface area (Å²) in [4.78, 5) is 39.0. The first-order chi connectivity index (χ1) is 14.3. The first kappa shape index (κ1) is 21.1. The van der Waals surface area contributed by atoms with Gasteiger partial charge in [0.15, 0.2) is 0 Å². The van der Waals surface area contributed by atoms with E-state index in [4.69, 9.17) is 4.74 Å². The first-order valence-electron chi connectivity index (χ1n) is 10.9. The number of amides is 1. The van der Waals surface area contributed by atoms with Crippen molar-refractivity contribution in [3.63, 3.8) is 0 Å². The van der Waals surface area contributed by atoms with E-state index in [1.54, 1.807) is 13.8 Å². The number of esters is 1. The molecule has 1 heterocycles. The lowest BCUT2D eigenvalue weighted by molar-refractivity contribution is -0.146. The van der Waals surface area contributed by atoms with Crippen LogP contribution < -0.4 is 5.32 Å². The normalized spacial score (nSPS) is 29.1. The Morgan fingerprint density at radius 2 is 1.93 bits per heavy atom. The number of rotatable bonds is 6. The highest BCUT2D eigenvalue weighted by atomic mass is 32.1. The number of nitrogens with one attached hydrogen (secondary N) is 1. The number of carboxylic acids is 1. The highest BCUT2D eigenvalue weighted by molar-refractivity contribution is 7.17. The number of aliphatic carboxylic acids is 1. The van der Waals surface area contributed by atoms with Crippen LogP contribution in [0.4, 0.5) is 5.00 Å². The minimum absolute atomic E-state index is 0.0544. The lowest BCUT2D eigenvalue weighted by Gasteiger charge is -2.23. The SMILES string of the molecule is CC[C@@H]1CCc2c(sc(NC(=O)[C@@H]3[C@@H](C(=O)O)[C@H]4C=C[C@@H]3C4)c2C(=O)OC(C)C)C1. The van der Waals surface area contributed by atoms with Gasteiger partial charge in [0.05, 0.1) is 23.5 Å². The monoisotopic (exact) mass is 431 g/mol. The second kappa shape index (κ2) is 8.17. The molecule has 162 valence electrons. The standard InChI is InChI=1S/C23H29NO5S/c1-4-12-5-8-15-16(9-12)30-21(19(15)23(28)29-11(2)3)24-20(25)17-13-6-7-14(10-13)18(17)22(26)27/h6-7,11-14,17-18H,4-5,8-10H2,1-3H3,(H,24,25)(H,26,27)/t12-,13-,14+,17+,18+/m1/s1. The van der Waals surface area contributed by atoms with Crippen molar-refractivity contribution < 1.29 is 24.2 Å². The van der Waals surface area contributed by atoms with Gasteiger partial charge in [-0.1, -0.05) is 25.5 Å². The van der Waals surface area contributed by atoms with Crippen molar-refractivity contribution in [2.75, 3.05) is 5.32 Å². The third-order valence-electron chi connectivity index (χ3n) is 6.78. The Bertz CT molecular complexity index is 902. The molecule has 0 aliphatic heterocycles. The molecule has 1 aromatic heterocycles. The number of fused-ring (bicyclic) bond motifs is 3. The van der Waals surface area contributed by atoms with Crippen LogP contribution in [0.3, 0.4) is 0 Å². The summed E-state index contributed by atoms with van der Waals surface area (Å²) in [7, 11) is 0. The van der Waals surface area contributed by atoms with Crippen molar-refractivity contribution in [3.8, 4) is 0 Å². The number of carboxylic acid groups (broad SMARTS) is 1. The van der Waals surface area contributed by atoms with Crippen LogP contribution in [-0.2, 0) is 27.2 Å². The van der Waals surface area contributed by atoms with Gasteiger partial charge in [-0.2, -0.15) is 0 Å². The maximum Gasteiger partial charge on any atom is 0.341 e. The van der Waals surface area contributed by atoms with Gasteiger partial charge in [-0.15, -0.1) is 11.3 Å². The quantitative estimate of drug-likeness (QED) is 0.518. The third-order valence-corrected chi connectivity index (χ3v) is 7.95. The zero-order valence-electron chi connectivity index (χ0n) is 17.6. The maximum atomic E-state index is 13.2. The van der Waals surface area contributed by atoms with E-state index in [0.717, 1.165) is 36.1 Å². The Morgan fingerprint density at radius 1 is 1.23 bits per heavy atom. The molecule has 7 heteroatoms. The van der Waals surface area contributed by atoms with E-state index in [2.05, 4.69) is 12.2 Å². The van der Waals surface area contributed by atoms with Gasteiger partial charge in [0, 0.05) is 4.88 Å². The van der Waals surface area contributed by atoms with Gasteiger partial charge in [-0.3, -0.25) is 9.59 Å². The van der Waals surface area contributed by atoms with Gasteiger partial charge in [0.25, 0.3) is 0 Å². The molecule has 0 spiro atoms. The summed E-state index contributed by atoms with van der Waals surface area (Å²) in [6.45, 7) is 5.79. The Morgan fingerprint density at radius 3 is 2.57 bits per heavy atom. The fraction of sp³-hybridized carbons (Fsp3) is 0.609. The molecule has 0 saturated heterocycles. The zero-order valence-corrected chi connectivity index (χ0v) is 18.5. The molecule has 3 aliphatic rings. The van der Waals surface area contributed by atoms with Crippen LogP contribution in [0.1, 0.15) is 60.8 Å². The number of ether oxygens (including phenoxy) is 1. The summed E-state index contributed by atoms with van der Waals surface area (Å²) in [6.07, 6.45) is 8.16. The summed E-state index contributed by atoms with van der Waals surface area (Å²) in [5, 5.41) is 13.1. The Labute approximate surface area is 180 Å². The zero-order chi connectivity index (χ0) is 21.6. The highest BCUT2D eigenvalue weighted by Crippen LogP contribution is 2.49.